The summed E-state index contributed by atoms with van der Waals surface area (Å²) in [6.45, 7) is 2.40. The van der Waals surface area contributed by atoms with Crippen molar-refractivity contribution in [2.75, 3.05) is 26.4 Å². The number of phosphoric acid groups is 1. The standard InChI is InChI=1S/C44H85O10P/c1-3-5-7-9-11-13-15-17-19-20-22-23-25-27-29-31-33-35-43(47)51-39-42(40-53-55(49,50)52-38-41(46)37-45)54-44(48)36-34-32-30-28-26-24-21-18-16-14-12-10-8-6-4-2/h18,21,41-42,45-46H,3-17,19-20,22-40H2,1-2H3,(H,49,50)/b21-18-/t41-,42+/m0/s1. The van der Waals surface area contributed by atoms with Gasteiger partial charge in [-0.1, -0.05) is 180 Å². The normalized spacial score (nSPS) is 13.9. The second-order valence-electron chi connectivity index (χ2n) is 15.4. The van der Waals surface area contributed by atoms with E-state index in [0.29, 0.717) is 12.8 Å². The highest BCUT2D eigenvalue weighted by Gasteiger charge is 2.27. The molecule has 0 aromatic heterocycles. The minimum absolute atomic E-state index is 0.178. The molecule has 326 valence electrons. The van der Waals surface area contributed by atoms with E-state index in [0.717, 1.165) is 57.8 Å². The molecule has 3 N–H and O–H groups in total. The fraction of sp³-hybridized carbons (Fsp3) is 0.909. The van der Waals surface area contributed by atoms with Gasteiger partial charge >= 0.3 is 19.8 Å². The molecule has 0 aliphatic heterocycles. The van der Waals surface area contributed by atoms with Crippen molar-refractivity contribution in [1.82, 2.24) is 0 Å². The molecule has 0 fully saturated rings. The quantitative estimate of drug-likeness (QED) is 0.0235. The van der Waals surface area contributed by atoms with Gasteiger partial charge in [0.05, 0.1) is 19.8 Å². The molecule has 0 radical (unpaired) electrons. The average Bonchev–Trinajstić information content (AvgIpc) is 3.17. The third-order valence-corrected chi connectivity index (χ3v) is 10.9. The predicted molar refractivity (Wildman–Crippen MR) is 224 cm³/mol. The number of allylic oxidation sites excluding steroid dienone is 2. The number of esters is 2. The summed E-state index contributed by atoms with van der Waals surface area (Å²) >= 11 is 0. The van der Waals surface area contributed by atoms with Crippen LogP contribution in [0.25, 0.3) is 0 Å². The summed E-state index contributed by atoms with van der Waals surface area (Å²) in [7, 11) is -4.61. The molecule has 1 unspecified atom stereocenters. The summed E-state index contributed by atoms with van der Waals surface area (Å²) in [5, 5.41) is 18.3. The number of aliphatic hydroxyl groups excluding tert-OH is 2. The second kappa shape index (κ2) is 40.9. The smallest absolute Gasteiger partial charge is 0.462 e. The van der Waals surface area contributed by atoms with E-state index in [4.69, 9.17) is 23.6 Å². The Balaban J connectivity index is 4.24. The van der Waals surface area contributed by atoms with Crippen LogP contribution in [0.3, 0.4) is 0 Å². The summed E-state index contributed by atoms with van der Waals surface area (Å²) in [6, 6.07) is 0. The Labute approximate surface area is 336 Å². The van der Waals surface area contributed by atoms with Gasteiger partial charge in [0.25, 0.3) is 0 Å². The number of rotatable bonds is 43. The predicted octanol–water partition coefficient (Wildman–Crippen LogP) is 12.0. The highest BCUT2D eigenvalue weighted by Crippen LogP contribution is 2.43. The molecule has 0 saturated carbocycles. The van der Waals surface area contributed by atoms with Gasteiger partial charge in [0, 0.05) is 12.8 Å². The van der Waals surface area contributed by atoms with Crippen molar-refractivity contribution >= 4 is 19.8 Å². The number of carbonyl (C=O) groups is 2. The van der Waals surface area contributed by atoms with Crippen LogP contribution in [0.15, 0.2) is 12.2 Å². The first-order valence-electron chi connectivity index (χ1n) is 22.6. The van der Waals surface area contributed by atoms with Crippen molar-refractivity contribution in [3.05, 3.63) is 12.2 Å². The number of aliphatic hydroxyl groups is 2. The first-order chi connectivity index (χ1) is 26.7. The lowest BCUT2D eigenvalue weighted by molar-refractivity contribution is -0.161. The number of unbranched alkanes of at least 4 members (excludes halogenated alkanes) is 27. The van der Waals surface area contributed by atoms with Crippen LogP contribution < -0.4 is 0 Å². The Morgan fingerprint density at radius 3 is 1.31 bits per heavy atom. The minimum atomic E-state index is -4.61. The zero-order valence-corrected chi connectivity index (χ0v) is 36.3. The van der Waals surface area contributed by atoms with Crippen LogP contribution in [0.4, 0.5) is 0 Å². The lowest BCUT2D eigenvalue weighted by atomic mass is 10.0. The fourth-order valence-electron chi connectivity index (χ4n) is 6.40. The van der Waals surface area contributed by atoms with E-state index in [9.17, 15) is 24.2 Å². The molecule has 11 heteroatoms. The van der Waals surface area contributed by atoms with Crippen molar-refractivity contribution in [3.8, 4) is 0 Å². The average molecular weight is 805 g/mol. The first-order valence-corrected chi connectivity index (χ1v) is 24.1. The van der Waals surface area contributed by atoms with Crippen molar-refractivity contribution in [1.29, 1.82) is 0 Å². The Morgan fingerprint density at radius 2 is 0.891 bits per heavy atom. The molecule has 0 heterocycles. The maximum Gasteiger partial charge on any atom is 0.472 e. The van der Waals surface area contributed by atoms with Gasteiger partial charge in [-0.05, 0) is 38.5 Å². The summed E-state index contributed by atoms with van der Waals surface area (Å²) in [6.07, 6.45) is 38.9. The molecule has 0 aliphatic rings. The van der Waals surface area contributed by atoms with Crippen molar-refractivity contribution in [2.45, 2.75) is 232 Å². The maximum absolute atomic E-state index is 12.6. The van der Waals surface area contributed by atoms with Crippen LogP contribution >= 0.6 is 7.82 Å². The molecule has 0 amide bonds. The lowest BCUT2D eigenvalue weighted by Crippen LogP contribution is -2.29. The largest absolute Gasteiger partial charge is 0.472 e. The van der Waals surface area contributed by atoms with Gasteiger partial charge in [-0.2, -0.15) is 0 Å². The topological polar surface area (TPSA) is 149 Å². The molecule has 0 aromatic rings. The van der Waals surface area contributed by atoms with E-state index in [2.05, 4.69) is 26.0 Å². The summed E-state index contributed by atoms with van der Waals surface area (Å²) in [4.78, 5) is 35.0. The van der Waals surface area contributed by atoms with E-state index < -0.39 is 51.8 Å². The van der Waals surface area contributed by atoms with Crippen LogP contribution in [0, 0.1) is 0 Å². The van der Waals surface area contributed by atoms with Crippen molar-refractivity contribution < 1.29 is 47.8 Å². The van der Waals surface area contributed by atoms with Gasteiger partial charge in [-0.25, -0.2) is 4.57 Å². The highest BCUT2D eigenvalue weighted by molar-refractivity contribution is 7.47. The molecule has 3 atom stereocenters. The molecular formula is C44H85O10P. The van der Waals surface area contributed by atoms with E-state index >= 15 is 0 Å². The van der Waals surface area contributed by atoms with E-state index in [1.54, 1.807) is 0 Å². The Morgan fingerprint density at radius 1 is 0.527 bits per heavy atom. The Kier molecular flexibility index (Phi) is 39.9. The molecule has 0 bridgehead atoms. The molecule has 0 saturated heterocycles. The fourth-order valence-corrected chi connectivity index (χ4v) is 7.19. The van der Waals surface area contributed by atoms with E-state index in [-0.39, 0.29) is 19.4 Å². The molecule has 55 heavy (non-hydrogen) atoms. The molecule has 0 aromatic carbocycles. The molecule has 0 aliphatic carbocycles. The second-order valence-corrected chi connectivity index (χ2v) is 16.9. The van der Waals surface area contributed by atoms with Crippen LogP contribution in [0.5, 0.6) is 0 Å². The Bertz CT molecular complexity index is 930. The summed E-state index contributed by atoms with van der Waals surface area (Å²) < 4.78 is 32.7. The zero-order valence-electron chi connectivity index (χ0n) is 35.4. The monoisotopic (exact) mass is 805 g/mol. The van der Waals surface area contributed by atoms with Crippen LogP contribution in [-0.2, 0) is 32.7 Å². The van der Waals surface area contributed by atoms with Gasteiger partial charge < -0.3 is 24.6 Å². The maximum atomic E-state index is 12.6. The van der Waals surface area contributed by atoms with Crippen molar-refractivity contribution in [3.63, 3.8) is 0 Å². The van der Waals surface area contributed by atoms with E-state index in [1.807, 2.05) is 0 Å². The van der Waals surface area contributed by atoms with E-state index in [1.165, 1.54) is 122 Å². The van der Waals surface area contributed by atoms with Gasteiger partial charge in [0.15, 0.2) is 6.10 Å². The SMILES string of the molecule is CCCCCCCC/C=C\CCCCCCCC(=O)O[C@H](COC(=O)CCCCCCCCCCCCCCCCCCC)COP(=O)(O)OC[C@@H](O)CO. The highest BCUT2D eigenvalue weighted by atomic mass is 31.2. The molecule has 10 nitrogen and oxygen atoms in total. The van der Waals surface area contributed by atoms with Gasteiger partial charge in [0.1, 0.15) is 12.7 Å². The summed E-state index contributed by atoms with van der Waals surface area (Å²) in [5.41, 5.74) is 0. The summed E-state index contributed by atoms with van der Waals surface area (Å²) in [5.74, 6) is -0.923. The van der Waals surface area contributed by atoms with Gasteiger partial charge in [-0.3, -0.25) is 18.6 Å². The first kappa shape index (κ1) is 53.7. The number of hydrogen-bond acceptors (Lipinski definition) is 9. The number of hydrogen-bond donors (Lipinski definition) is 3. The third-order valence-electron chi connectivity index (χ3n) is 9.92. The number of carbonyl (C=O) groups excluding carboxylic acids is 2. The van der Waals surface area contributed by atoms with Gasteiger partial charge in [-0.15, -0.1) is 0 Å². The minimum Gasteiger partial charge on any atom is -0.462 e. The Hall–Kier alpha value is -1.29. The third kappa shape index (κ3) is 40.7. The lowest BCUT2D eigenvalue weighted by Gasteiger charge is -2.20. The molecule has 0 spiro atoms. The number of ether oxygens (including phenoxy) is 2. The van der Waals surface area contributed by atoms with Crippen LogP contribution in [0.2, 0.25) is 0 Å². The number of phosphoric ester groups is 1. The van der Waals surface area contributed by atoms with Gasteiger partial charge in [0.2, 0.25) is 0 Å². The van der Waals surface area contributed by atoms with Crippen LogP contribution in [0.1, 0.15) is 219 Å². The van der Waals surface area contributed by atoms with Crippen molar-refractivity contribution in [2.24, 2.45) is 0 Å². The molecular weight excluding hydrogens is 719 g/mol. The van der Waals surface area contributed by atoms with Crippen LogP contribution in [-0.4, -0.2) is 65.7 Å². The molecule has 0 rings (SSSR count). The zero-order chi connectivity index (χ0) is 40.5.